The van der Waals surface area contributed by atoms with Gasteiger partial charge in [0, 0.05) is 25.7 Å². The maximum absolute atomic E-state index is 13.7. The molecule has 0 aliphatic carbocycles. The molecule has 6 heteroatoms. The first kappa shape index (κ1) is 15.1. The summed E-state index contributed by atoms with van der Waals surface area (Å²) in [4.78, 5) is -0.00102. The summed E-state index contributed by atoms with van der Waals surface area (Å²) in [6, 6.07) is 2.72. The molecule has 2 N–H and O–H groups in total. The predicted octanol–water partition coefficient (Wildman–Crippen LogP) is 1.62. The Hall–Kier alpha value is -0.980. The van der Waals surface area contributed by atoms with Crippen molar-refractivity contribution in [3.63, 3.8) is 0 Å². The summed E-state index contributed by atoms with van der Waals surface area (Å²) in [7, 11) is -2.16. The number of hydrogen-bond donors (Lipinski definition) is 1. The lowest BCUT2D eigenvalue weighted by Crippen LogP contribution is -2.28. The van der Waals surface area contributed by atoms with Gasteiger partial charge in [0.2, 0.25) is 10.0 Å². The van der Waals surface area contributed by atoms with Gasteiger partial charge < -0.3 is 5.73 Å². The molecule has 1 aromatic rings. The molecule has 4 nitrogen and oxygen atoms in total. The van der Waals surface area contributed by atoms with Crippen LogP contribution in [0, 0.1) is 12.7 Å². The van der Waals surface area contributed by atoms with E-state index in [2.05, 4.69) is 0 Å². The van der Waals surface area contributed by atoms with E-state index in [4.69, 9.17) is 5.73 Å². The molecule has 0 saturated carbocycles. The second-order valence-electron chi connectivity index (χ2n) is 4.23. The minimum Gasteiger partial charge on any atom is -0.326 e. The molecule has 0 bridgehead atoms. The van der Waals surface area contributed by atoms with Gasteiger partial charge in [-0.25, -0.2) is 17.1 Å². The van der Waals surface area contributed by atoms with Gasteiger partial charge >= 0.3 is 0 Å². The van der Waals surface area contributed by atoms with E-state index >= 15 is 0 Å². The number of rotatable bonds is 5. The molecule has 0 radical (unpaired) electrons. The quantitative estimate of drug-likeness (QED) is 0.887. The van der Waals surface area contributed by atoms with E-state index in [-0.39, 0.29) is 17.0 Å². The number of benzene rings is 1. The summed E-state index contributed by atoms with van der Waals surface area (Å²) >= 11 is 0. The third-order valence-electron chi connectivity index (χ3n) is 2.82. The summed E-state index contributed by atoms with van der Waals surface area (Å²) in [6.45, 7) is 3.85. The van der Waals surface area contributed by atoms with Crippen molar-refractivity contribution in [1.29, 1.82) is 0 Å². The number of nitrogens with two attached hydrogens (primary N) is 1. The highest BCUT2D eigenvalue weighted by atomic mass is 32.2. The molecular formula is C12H19FN2O2S. The lowest BCUT2D eigenvalue weighted by atomic mass is 10.1. The topological polar surface area (TPSA) is 63.4 Å². The van der Waals surface area contributed by atoms with Crippen molar-refractivity contribution in [3.8, 4) is 0 Å². The summed E-state index contributed by atoms with van der Waals surface area (Å²) in [5.41, 5.74) is 6.05. The zero-order chi connectivity index (χ0) is 13.9. The number of halogens is 1. The smallest absolute Gasteiger partial charge is 0.243 e. The van der Waals surface area contributed by atoms with Gasteiger partial charge in [0.05, 0.1) is 4.90 Å². The van der Waals surface area contributed by atoms with Crippen LogP contribution in [-0.2, 0) is 16.6 Å². The molecular weight excluding hydrogens is 255 g/mol. The fourth-order valence-corrected chi connectivity index (χ4v) is 3.24. The average Bonchev–Trinajstić information content (AvgIpc) is 2.32. The normalized spacial score (nSPS) is 12.1. The minimum atomic E-state index is -3.65. The molecule has 0 atom stereocenters. The van der Waals surface area contributed by atoms with Crippen LogP contribution in [0.15, 0.2) is 17.0 Å². The Balaban J connectivity index is 3.36. The zero-order valence-corrected chi connectivity index (χ0v) is 11.7. The Kier molecular flexibility index (Phi) is 4.84. The van der Waals surface area contributed by atoms with Gasteiger partial charge in [-0.2, -0.15) is 0 Å². The Morgan fingerprint density at radius 2 is 2.00 bits per heavy atom. The largest absolute Gasteiger partial charge is 0.326 e. The molecule has 0 unspecified atom stereocenters. The van der Waals surface area contributed by atoms with E-state index in [1.54, 1.807) is 0 Å². The van der Waals surface area contributed by atoms with E-state index in [0.29, 0.717) is 18.5 Å². The van der Waals surface area contributed by atoms with Crippen LogP contribution in [0.1, 0.15) is 24.5 Å². The molecule has 0 fully saturated rings. The fourth-order valence-electron chi connectivity index (χ4n) is 1.70. The highest BCUT2D eigenvalue weighted by molar-refractivity contribution is 7.89. The number of nitrogens with zero attached hydrogens (tertiary/aromatic N) is 1. The zero-order valence-electron chi connectivity index (χ0n) is 10.9. The molecule has 18 heavy (non-hydrogen) atoms. The Labute approximate surface area is 108 Å². The number of hydrogen-bond acceptors (Lipinski definition) is 3. The Bertz CT molecular complexity index is 529. The van der Waals surface area contributed by atoms with Crippen LogP contribution < -0.4 is 5.73 Å². The van der Waals surface area contributed by atoms with Crippen LogP contribution in [-0.4, -0.2) is 26.3 Å². The van der Waals surface area contributed by atoms with Crippen molar-refractivity contribution >= 4 is 10.0 Å². The summed E-state index contributed by atoms with van der Waals surface area (Å²) < 4.78 is 39.5. The third kappa shape index (κ3) is 2.88. The van der Waals surface area contributed by atoms with E-state index in [9.17, 15) is 12.8 Å². The molecule has 0 aliphatic rings. The molecule has 0 aliphatic heterocycles. The summed E-state index contributed by atoms with van der Waals surface area (Å²) in [6.07, 6.45) is 0.702. The van der Waals surface area contributed by atoms with Crippen molar-refractivity contribution < 1.29 is 12.8 Å². The lowest BCUT2D eigenvalue weighted by molar-refractivity contribution is 0.466. The minimum absolute atomic E-state index is 0.00102. The van der Waals surface area contributed by atoms with Gasteiger partial charge in [-0.1, -0.05) is 6.92 Å². The van der Waals surface area contributed by atoms with Crippen molar-refractivity contribution in [1.82, 2.24) is 4.31 Å². The summed E-state index contributed by atoms with van der Waals surface area (Å²) in [5.74, 6) is -0.540. The maximum Gasteiger partial charge on any atom is 0.243 e. The molecule has 1 aromatic carbocycles. The average molecular weight is 274 g/mol. The Morgan fingerprint density at radius 1 is 1.39 bits per heavy atom. The van der Waals surface area contributed by atoms with E-state index in [0.717, 1.165) is 0 Å². The molecule has 0 amide bonds. The van der Waals surface area contributed by atoms with Crippen molar-refractivity contribution in [2.24, 2.45) is 5.73 Å². The van der Waals surface area contributed by atoms with Crippen LogP contribution >= 0.6 is 0 Å². The van der Waals surface area contributed by atoms with Crippen molar-refractivity contribution in [2.45, 2.75) is 31.7 Å². The van der Waals surface area contributed by atoms with E-state index in [1.165, 1.54) is 30.4 Å². The Morgan fingerprint density at radius 3 is 2.50 bits per heavy atom. The highest BCUT2D eigenvalue weighted by Gasteiger charge is 2.24. The van der Waals surface area contributed by atoms with Gasteiger partial charge in [0.1, 0.15) is 5.82 Å². The van der Waals surface area contributed by atoms with Crippen molar-refractivity contribution in [2.75, 3.05) is 13.6 Å². The molecule has 102 valence electrons. The molecule has 0 heterocycles. The van der Waals surface area contributed by atoms with E-state index < -0.39 is 15.8 Å². The first-order chi connectivity index (χ1) is 8.34. The monoisotopic (exact) mass is 274 g/mol. The third-order valence-corrected chi connectivity index (χ3v) is 4.80. The van der Waals surface area contributed by atoms with Crippen LogP contribution in [0.25, 0.3) is 0 Å². The van der Waals surface area contributed by atoms with Gasteiger partial charge in [-0.3, -0.25) is 0 Å². The van der Waals surface area contributed by atoms with Crippen LogP contribution in [0.2, 0.25) is 0 Å². The van der Waals surface area contributed by atoms with Crippen LogP contribution in [0.4, 0.5) is 4.39 Å². The predicted molar refractivity (Wildman–Crippen MR) is 69.1 cm³/mol. The van der Waals surface area contributed by atoms with Crippen LogP contribution in [0.5, 0.6) is 0 Å². The van der Waals surface area contributed by atoms with Crippen LogP contribution in [0.3, 0.4) is 0 Å². The SMILES string of the molecule is CCCN(C)S(=O)(=O)c1cc(CN)cc(F)c1C. The fraction of sp³-hybridized carbons (Fsp3) is 0.500. The van der Waals surface area contributed by atoms with Gasteiger partial charge in [-0.15, -0.1) is 0 Å². The first-order valence-corrected chi connectivity index (χ1v) is 7.24. The first-order valence-electron chi connectivity index (χ1n) is 5.80. The second kappa shape index (κ2) is 5.77. The standard InChI is InChI=1S/C12H19FN2O2S/c1-4-5-15(3)18(16,17)12-7-10(8-14)6-11(13)9(12)2/h6-7H,4-5,8,14H2,1-3H3. The van der Waals surface area contributed by atoms with Gasteiger partial charge in [0.15, 0.2) is 0 Å². The molecule has 0 aromatic heterocycles. The molecule has 1 rings (SSSR count). The van der Waals surface area contributed by atoms with E-state index in [1.807, 2.05) is 6.92 Å². The summed E-state index contributed by atoms with van der Waals surface area (Å²) in [5, 5.41) is 0. The van der Waals surface area contributed by atoms with Crippen molar-refractivity contribution in [3.05, 3.63) is 29.1 Å². The lowest BCUT2D eigenvalue weighted by Gasteiger charge is -2.18. The molecule has 0 saturated heterocycles. The molecule has 0 spiro atoms. The maximum atomic E-state index is 13.7. The number of sulfonamides is 1. The highest BCUT2D eigenvalue weighted by Crippen LogP contribution is 2.23. The van der Waals surface area contributed by atoms with Gasteiger partial charge in [-0.05, 0) is 31.0 Å². The van der Waals surface area contributed by atoms with Gasteiger partial charge in [0.25, 0.3) is 0 Å². The second-order valence-corrected chi connectivity index (χ2v) is 6.24.